The van der Waals surface area contributed by atoms with Crippen LogP contribution in [-0.4, -0.2) is 66.7 Å². The molecule has 1 aliphatic rings. The van der Waals surface area contributed by atoms with Crippen molar-refractivity contribution in [3.63, 3.8) is 0 Å². The fourth-order valence-corrected chi connectivity index (χ4v) is 4.06. The largest absolute Gasteiger partial charge is 0.360 e. The van der Waals surface area contributed by atoms with Gasteiger partial charge in [-0.2, -0.15) is 0 Å². The van der Waals surface area contributed by atoms with Crippen molar-refractivity contribution in [1.82, 2.24) is 14.8 Å². The summed E-state index contributed by atoms with van der Waals surface area (Å²) in [6.45, 7) is 4.28. The number of likely N-dealkylation sites (tertiary alicyclic amines) is 1. The zero-order chi connectivity index (χ0) is 20.0. The van der Waals surface area contributed by atoms with Crippen LogP contribution in [0.15, 0.2) is 10.6 Å². The number of nitrogens with one attached hydrogen (secondary N) is 2. The lowest BCUT2D eigenvalue weighted by Crippen LogP contribution is -2.50. The van der Waals surface area contributed by atoms with E-state index < -0.39 is 15.3 Å². The molecule has 11 heteroatoms. The van der Waals surface area contributed by atoms with Crippen LogP contribution in [0.25, 0.3) is 0 Å². The molecule has 152 valence electrons. The Bertz CT molecular complexity index is 765. The summed E-state index contributed by atoms with van der Waals surface area (Å²) in [5.41, 5.74) is 0. The van der Waals surface area contributed by atoms with Crippen LogP contribution in [-0.2, 0) is 19.6 Å². The molecule has 9 nitrogen and oxygen atoms in total. The van der Waals surface area contributed by atoms with Gasteiger partial charge in [-0.05, 0) is 33.1 Å². The molecular formula is C16H26N4O5S2. The second-order valence-electron chi connectivity index (χ2n) is 6.62. The minimum Gasteiger partial charge on any atom is -0.360 e. The summed E-state index contributed by atoms with van der Waals surface area (Å²) >= 11 is 1.24. The highest BCUT2D eigenvalue weighted by atomic mass is 32.2. The third kappa shape index (κ3) is 7.15. The van der Waals surface area contributed by atoms with Crippen LogP contribution in [0.2, 0.25) is 0 Å². The van der Waals surface area contributed by atoms with Gasteiger partial charge in [0.1, 0.15) is 5.76 Å². The first-order valence-electron chi connectivity index (χ1n) is 8.75. The Kier molecular flexibility index (Phi) is 7.68. The Morgan fingerprint density at radius 2 is 2.19 bits per heavy atom. The first kappa shape index (κ1) is 21.7. The van der Waals surface area contributed by atoms with E-state index in [4.69, 9.17) is 4.52 Å². The van der Waals surface area contributed by atoms with Crippen molar-refractivity contribution in [3.05, 3.63) is 11.8 Å². The number of piperidine rings is 1. The normalized spacial score (nSPS) is 18.9. The molecule has 0 spiro atoms. The second kappa shape index (κ2) is 9.56. The Balaban J connectivity index is 1.83. The lowest BCUT2D eigenvalue weighted by Gasteiger charge is -2.36. The fraction of sp³-hybridized carbons (Fsp3) is 0.688. The van der Waals surface area contributed by atoms with E-state index in [1.54, 1.807) is 24.8 Å². The van der Waals surface area contributed by atoms with Gasteiger partial charge in [-0.15, -0.1) is 11.8 Å². The molecule has 1 saturated heterocycles. The van der Waals surface area contributed by atoms with Crippen LogP contribution in [0.4, 0.5) is 5.82 Å². The van der Waals surface area contributed by atoms with Crippen molar-refractivity contribution in [1.29, 1.82) is 0 Å². The summed E-state index contributed by atoms with van der Waals surface area (Å²) in [7, 11) is -3.30. The molecular weight excluding hydrogens is 392 g/mol. The van der Waals surface area contributed by atoms with Gasteiger partial charge >= 0.3 is 0 Å². The van der Waals surface area contributed by atoms with Gasteiger partial charge in [-0.25, -0.2) is 13.1 Å². The summed E-state index contributed by atoms with van der Waals surface area (Å²) in [4.78, 5) is 26.5. The van der Waals surface area contributed by atoms with E-state index in [9.17, 15) is 18.0 Å². The minimum absolute atomic E-state index is 0.0862. The van der Waals surface area contributed by atoms with Gasteiger partial charge in [0.2, 0.25) is 21.8 Å². The molecule has 0 bridgehead atoms. The monoisotopic (exact) mass is 418 g/mol. The molecule has 0 aromatic carbocycles. The highest BCUT2D eigenvalue weighted by Crippen LogP contribution is 2.20. The van der Waals surface area contributed by atoms with E-state index in [0.717, 1.165) is 25.5 Å². The molecule has 2 amide bonds. The predicted molar refractivity (Wildman–Crippen MR) is 104 cm³/mol. The number of aromatic nitrogens is 1. The average molecular weight is 419 g/mol. The second-order valence-corrected chi connectivity index (χ2v) is 9.78. The number of carbonyl (C=O) groups is 2. The van der Waals surface area contributed by atoms with Gasteiger partial charge in [0.25, 0.3) is 0 Å². The van der Waals surface area contributed by atoms with E-state index in [2.05, 4.69) is 15.2 Å². The summed E-state index contributed by atoms with van der Waals surface area (Å²) in [5, 5.41) is 5.91. The van der Waals surface area contributed by atoms with Crippen LogP contribution in [0.5, 0.6) is 0 Å². The maximum atomic E-state index is 12.6. The van der Waals surface area contributed by atoms with Gasteiger partial charge in [0.05, 0.1) is 17.3 Å². The number of nitrogens with zero attached hydrogens (tertiary/aromatic N) is 2. The summed E-state index contributed by atoms with van der Waals surface area (Å²) < 4.78 is 30.0. The Labute approximate surface area is 163 Å². The molecule has 0 radical (unpaired) electrons. The molecule has 0 saturated carbocycles. The van der Waals surface area contributed by atoms with Gasteiger partial charge in [0.15, 0.2) is 5.82 Å². The molecule has 2 N–H and O–H groups in total. The lowest BCUT2D eigenvalue weighted by molar-refractivity contribution is -0.131. The van der Waals surface area contributed by atoms with E-state index >= 15 is 0 Å². The molecule has 2 unspecified atom stereocenters. The molecule has 27 heavy (non-hydrogen) atoms. The van der Waals surface area contributed by atoms with Gasteiger partial charge in [0, 0.05) is 25.2 Å². The summed E-state index contributed by atoms with van der Waals surface area (Å²) in [6.07, 6.45) is 3.73. The van der Waals surface area contributed by atoms with Gasteiger partial charge < -0.3 is 14.7 Å². The molecule has 2 heterocycles. The van der Waals surface area contributed by atoms with Gasteiger partial charge in [-0.3, -0.25) is 9.59 Å². The van der Waals surface area contributed by atoms with Crippen LogP contribution < -0.4 is 10.0 Å². The van der Waals surface area contributed by atoms with Crippen LogP contribution in [0.3, 0.4) is 0 Å². The molecule has 1 aliphatic heterocycles. The molecule has 2 atom stereocenters. The minimum atomic E-state index is -3.30. The van der Waals surface area contributed by atoms with Crippen molar-refractivity contribution in [2.75, 3.05) is 30.4 Å². The topological polar surface area (TPSA) is 122 Å². The van der Waals surface area contributed by atoms with E-state index in [0.29, 0.717) is 18.1 Å². The molecule has 2 rings (SSSR count). The Morgan fingerprint density at radius 3 is 2.81 bits per heavy atom. The number of carbonyl (C=O) groups excluding carboxylic acids is 2. The predicted octanol–water partition coefficient (Wildman–Crippen LogP) is 0.974. The zero-order valence-electron chi connectivity index (χ0n) is 15.7. The SMILES string of the molecule is Cc1cc(NC(=O)C(C)SCC(=O)N2CCCCC2CNS(C)(=O)=O)no1. The number of anilines is 1. The van der Waals surface area contributed by atoms with Crippen molar-refractivity contribution in [2.24, 2.45) is 0 Å². The molecule has 0 aliphatic carbocycles. The standard InChI is InChI=1S/C16H26N4O5S2/c1-11-8-14(19-25-11)18-16(22)12(2)26-10-15(21)20-7-5-4-6-13(20)9-17-27(3,23)24/h8,12-13,17H,4-7,9-10H2,1-3H3,(H,18,19,22). The third-order valence-corrected chi connectivity index (χ3v) is 6.05. The maximum Gasteiger partial charge on any atom is 0.238 e. The first-order valence-corrected chi connectivity index (χ1v) is 11.7. The first-order chi connectivity index (χ1) is 12.7. The maximum absolute atomic E-state index is 12.6. The number of rotatable bonds is 8. The van der Waals surface area contributed by atoms with Crippen molar-refractivity contribution in [2.45, 2.75) is 44.4 Å². The number of hydrogen-bond donors (Lipinski definition) is 2. The van der Waals surface area contributed by atoms with Crippen molar-refractivity contribution < 1.29 is 22.5 Å². The van der Waals surface area contributed by atoms with Crippen LogP contribution in [0, 0.1) is 6.92 Å². The number of aryl methyl sites for hydroxylation is 1. The van der Waals surface area contributed by atoms with E-state index in [1.165, 1.54) is 11.8 Å². The van der Waals surface area contributed by atoms with Crippen molar-refractivity contribution >= 4 is 39.4 Å². The molecule has 1 fully saturated rings. The fourth-order valence-electron chi connectivity index (χ4n) is 2.80. The number of amides is 2. The number of thioether (sulfide) groups is 1. The number of hydrogen-bond acceptors (Lipinski definition) is 7. The Hall–Kier alpha value is -1.59. The summed E-state index contributed by atoms with van der Waals surface area (Å²) in [5.74, 6) is 0.757. The average Bonchev–Trinajstić information content (AvgIpc) is 3.01. The van der Waals surface area contributed by atoms with Gasteiger partial charge in [-0.1, -0.05) is 5.16 Å². The lowest BCUT2D eigenvalue weighted by atomic mass is 10.0. The smallest absolute Gasteiger partial charge is 0.238 e. The number of sulfonamides is 1. The third-order valence-electron chi connectivity index (χ3n) is 4.23. The summed E-state index contributed by atoms with van der Waals surface area (Å²) in [6, 6.07) is 1.47. The molecule has 1 aromatic heterocycles. The quantitative estimate of drug-likeness (QED) is 0.645. The molecule has 1 aromatic rings. The Morgan fingerprint density at radius 1 is 1.44 bits per heavy atom. The highest BCUT2D eigenvalue weighted by Gasteiger charge is 2.28. The van der Waals surface area contributed by atoms with E-state index in [-0.39, 0.29) is 30.2 Å². The van der Waals surface area contributed by atoms with Crippen LogP contribution >= 0.6 is 11.8 Å². The highest BCUT2D eigenvalue weighted by molar-refractivity contribution is 8.01. The van der Waals surface area contributed by atoms with E-state index in [1.807, 2.05) is 0 Å². The zero-order valence-corrected chi connectivity index (χ0v) is 17.4. The van der Waals surface area contributed by atoms with Crippen molar-refractivity contribution in [3.8, 4) is 0 Å². The van der Waals surface area contributed by atoms with Crippen LogP contribution in [0.1, 0.15) is 31.9 Å².